The lowest BCUT2D eigenvalue weighted by atomic mass is 10.0. The molecule has 24 heavy (non-hydrogen) atoms. The monoisotopic (exact) mass is 406 g/mol. The Bertz CT molecular complexity index is 750. The van der Waals surface area contributed by atoms with Gasteiger partial charge < -0.3 is 10.4 Å². The van der Waals surface area contributed by atoms with Crippen LogP contribution in [0.15, 0.2) is 40.9 Å². The molecule has 1 amide bonds. The van der Waals surface area contributed by atoms with Gasteiger partial charge in [0.05, 0.1) is 4.47 Å². The van der Waals surface area contributed by atoms with E-state index in [0.717, 1.165) is 0 Å². The minimum Gasteiger partial charge on any atom is -0.506 e. The molecule has 0 aromatic heterocycles. The van der Waals surface area contributed by atoms with E-state index in [0.29, 0.717) is 27.2 Å². The van der Waals surface area contributed by atoms with Crippen LogP contribution in [0, 0.1) is 6.92 Å². The third-order valence-corrected chi connectivity index (χ3v) is 4.39. The Hall–Kier alpha value is -1.92. The van der Waals surface area contributed by atoms with Crippen LogP contribution in [0.3, 0.4) is 0 Å². The van der Waals surface area contributed by atoms with Gasteiger partial charge in [0.2, 0.25) is 0 Å². The van der Waals surface area contributed by atoms with Gasteiger partial charge in [-0.25, -0.2) is 0 Å². The molecule has 2 rings (SSSR count). The molecule has 0 fully saturated rings. The lowest BCUT2D eigenvalue weighted by molar-refractivity contribution is 0.0977. The molecule has 0 saturated carbocycles. The van der Waals surface area contributed by atoms with Gasteiger partial charge in [0.1, 0.15) is 5.75 Å². The molecule has 2 aromatic carbocycles. The molecular weight excluding hydrogens is 388 g/mol. The second-order valence-corrected chi connectivity index (χ2v) is 7.07. The van der Waals surface area contributed by atoms with Gasteiger partial charge in [0, 0.05) is 11.3 Å². The van der Waals surface area contributed by atoms with E-state index in [1.807, 2.05) is 12.1 Å². The summed E-state index contributed by atoms with van der Waals surface area (Å²) in [5.41, 5.74) is 3.10. The molecule has 6 heteroatoms. The number of phenolic OH excluding ortho intramolecular Hbond substituents is 1. The van der Waals surface area contributed by atoms with Crippen molar-refractivity contribution in [2.24, 2.45) is 0 Å². The second kappa shape index (κ2) is 7.77. The second-order valence-electron chi connectivity index (χ2n) is 5.81. The highest BCUT2D eigenvalue weighted by atomic mass is 79.9. The summed E-state index contributed by atoms with van der Waals surface area (Å²) in [5.74, 6) is 0.333. The zero-order chi connectivity index (χ0) is 17.9. The molecule has 0 aliphatic heterocycles. The quantitative estimate of drug-likeness (QED) is 0.509. The number of anilines is 1. The molecule has 4 nitrogen and oxygen atoms in total. The number of aryl methyl sites for hydroxylation is 1. The Morgan fingerprint density at radius 3 is 2.38 bits per heavy atom. The van der Waals surface area contributed by atoms with E-state index in [-0.39, 0.29) is 16.8 Å². The van der Waals surface area contributed by atoms with Crippen molar-refractivity contribution in [1.29, 1.82) is 0 Å². The number of aromatic hydroxyl groups is 1. The van der Waals surface area contributed by atoms with Crippen LogP contribution in [0.4, 0.5) is 5.69 Å². The van der Waals surface area contributed by atoms with Crippen LogP contribution in [-0.4, -0.2) is 16.1 Å². The average Bonchev–Trinajstić information content (AvgIpc) is 2.52. The third-order valence-electron chi connectivity index (χ3n) is 3.58. The predicted molar refractivity (Wildman–Crippen MR) is 105 cm³/mol. The highest BCUT2D eigenvalue weighted by Gasteiger charge is 2.10. The number of nitrogens with one attached hydrogen (secondary N) is 2. The lowest BCUT2D eigenvalue weighted by Gasteiger charge is -2.12. The van der Waals surface area contributed by atoms with Gasteiger partial charge in [-0.15, -0.1) is 0 Å². The van der Waals surface area contributed by atoms with Gasteiger partial charge in [-0.1, -0.05) is 26.0 Å². The van der Waals surface area contributed by atoms with Crippen molar-refractivity contribution in [2.45, 2.75) is 26.7 Å². The van der Waals surface area contributed by atoms with E-state index >= 15 is 0 Å². The topological polar surface area (TPSA) is 61.4 Å². The minimum absolute atomic E-state index is 0.181. The fourth-order valence-corrected chi connectivity index (χ4v) is 2.94. The molecule has 0 spiro atoms. The van der Waals surface area contributed by atoms with Gasteiger partial charge >= 0.3 is 0 Å². The summed E-state index contributed by atoms with van der Waals surface area (Å²) in [6.45, 7) is 5.99. The van der Waals surface area contributed by atoms with Crippen molar-refractivity contribution in [1.82, 2.24) is 5.32 Å². The fraction of sp³-hybridized carbons (Fsp3) is 0.222. The number of benzene rings is 2. The molecule has 0 heterocycles. The average molecular weight is 407 g/mol. The highest BCUT2D eigenvalue weighted by molar-refractivity contribution is 9.10. The SMILES string of the molecule is Cc1cc(NC(=S)NC(=O)c2ccc(C(C)C)cc2)cc(Br)c1O. The van der Waals surface area contributed by atoms with Crippen molar-refractivity contribution in [3.63, 3.8) is 0 Å². The van der Waals surface area contributed by atoms with E-state index in [4.69, 9.17) is 12.2 Å². The van der Waals surface area contributed by atoms with Crippen LogP contribution in [0.2, 0.25) is 0 Å². The van der Waals surface area contributed by atoms with Crippen LogP contribution < -0.4 is 10.6 Å². The van der Waals surface area contributed by atoms with E-state index in [2.05, 4.69) is 40.4 Å². The van der Waals surface area contributed by atoms with Gasteiger partial charge in [-0.2, -0.15) is 0 Å². The Labute approximate surface area is 155 Å². The summed E-state index contributed by atoms with van der Waals surface area (Å²) in [7, 11) is 0. The van der Waals surface area contributed by atoms with Crippen LogP contribution >= 0.6 is 28.1 Å². The van der Waals surface area contributed by atoms with Crippen LogP contribution in [0.5, 0.6) is 5.75 Å². The maximum absolute atomic E-state index is 12.2. The van der Waals surface area contributed by atoms with E-state index in [1.165, 1.54) is 5.56 Å². The smallest absolute Gasteiger partial charge is 0.257 e. The third kappa shape index (κ3) is 4.55. The normalized spacial score (nSPS) is 10.5. The first-order valence-corrected chi connectivity index (χ1v) is 8.69. The number of amides is 1. The molecule has 126 valence electrons. The highest BCUT2D eigenvalue weighted by Crippen LogP contribution is 2.30. The Kier molecular flexibility index (Phi) is 5.96. The number of carbonyl (C=O) groups is 1. The Balaban J connectivity index is 2.02. The van der Waals surface area contributed by atoms with Crippen molar-refractivity contribution in [2.75, 3.05) is 5.32 Å². The van der Waals surface area contributed by atoms with Gasteiger partial charge in [-0.05, 0) is 76.4 Å². The number of halogens is 1. The zero-order valence-corrected chi connectivity index (χ0v) is 16.1. The van der Waals surface area contributed by atoms with Crippen LogP contribution in [0.1, 0.15) is 41.3 Å². The van der Waals surface area contributed by atoms with Gasteiger partial charge in [-0.3, -0.25) is 10.1 Å². The lowest BCUT2D eigenvalue weighted by Crippen LogP contribution is -2.34. The molecular formula is C18H19BrN2O2S. The molecule has 0 atom stereocenters. The number of hydrogen-bond acceptors (Lipinski definition) is 3. The molecule has 0 radical (unpaired) electrons. The summed E-state index contributed by atoms with van der Waals surface area (Å²) < 4.78 is 0.559. The first-order valence-electron chi connectivity index (χ1n) is 7.49. The van der Waals surface area contributed by atoms with E-state index in [1.54, 1.807) is 31.2 Å². The summed E-state index contributed by atoms with van der Waals surface area (Å²) in [6, 6.07) is 10.9. The van der Waals surface area contributed by atoms with Gasteiger partial charge in [0.25, 0.3) is 5.91 Å². The summed E-state index contributed by atoms with van der Waals surface area (Å²) in [4.78, 5) is 12.2. The largest absolute Gasteiger partial charge is 0.506 e. The number of rotatable bonds is 3. The van der Waals surface area contributed by atoms with Crippen LogP contribution in [0.25, 0.3) is 0 Å². The summed E-state index contributed by atoms with van der Waals surface area (Å²) >= 11 is 8.45. The number of phenols is 1. The fourth-order valence-electron chi connectivity index (χ4n) is 2.17. The predicted octanol–water partition coefficient (Wildman–Crippen LogP) is 4.71. The van der Waals surface area contributed by atoms with Crippen molar-refractivity contribution < 1.29 is 9.90 Å². The Morgan fingerprint density at radius 1 is 1.21 bits per heavy atom. The molecule has 3 N–H and O–H groups in total. The van der Waals surface area contributed by atoms with E-state index < -0.39 is 0 Å². The molecule has 0 saturated heterocycles. The van der Waals surface area contributed by atoms with Crippen molar-refractivity contribution in [3.8, 4) is 5.75 Å². The maximum atomic E-state index is 12.2. The Morgan fingerprint density at radius 2 is 1.83 bits per heavy atom. The van der Waals surface area contributed by atoms with Gasteiger partial charge in [0.15, 0.2) is 5.11 Å². The zero-order valence-electron chi connectivity index (χ0n) is 13.7. The standard InChI is InChI=1S/C18H19BrN2O2S/c1-10(2)12-4-6-13(7-5-12)17(23)21-18(24)20-14-8-11(3)16(22)15(19)9-14/h4-10,22H,1-3H3,(H2,20,21,23,24). The minimum atomic E-state index is -0.266. The van der Waals surface area contributed by atoms with E-state index in [9.17, 15) is 9.90 Å². The number of thiocarbonyl (C=S) groups is 1. The van der Waals surface area contributed by atoms with Crippen molar-refractivity contribution in [3.05, 3.63) is 57.6 Å². The van der Waals surface area contributed by atoms with Crippen LogP contribution in [-0.2, 0) is 0 Å². The maximum Gasteiger partial charge on any atom is 0.257 e. The first kappa shape index (κ1) is 18.4. The molecule has 0 aliphatic rings. The molecule has 0 bridgehead atoms. The number of carbonyl (C=O) groups excluding carboxylic acids is 1. The molecule has 0 aliphatic carbocycles. The summed E-state index contributed by atoms with van der Waals surface area (Å²) in [5, 5.41) is 15.5. The summed E-state index contributed by atoms with van der Waals surface area (Å²) in [6.07, 6.45) is 0. The molecule has 2 aromatic rings. The van der Waals surface area contributed by atoms with Crippen molar-refractivity contribution >= 4 is 44.9 Å². The number of hydrogen-bond donors (Lipinski definition) is 3. The first-order chi connectivity index (χ1) is 11.3. The molecule has 0 unspecified atom stereocenters.